The van der Waals surface area contributed by atoms with E-state index >= 15 is 0 Å². The first-order valence-electron chi connectivity index (χ1n) is 5.37. The van der Waals surface area contributed by atoms with Crippen LogP contribution in [0.4, 0.5) is 0 Å². The Balaban J connectivity index is 2.57. The second kappa shape index (κ2) is 4.08. The fourth-order valence-electron chi connectivity index (χ4n) is 1.79. The van der Waals surface area contributed by atoms with Crippen molar-refractivity contribution in [3.8, 4) is 5.82 Å². The molecule has 0 unspecified atom stereocenters. The van der Waals surface area contributed by atoms with E-state index in [2.05, 4.69) is 15.1 Å². The highest BCUT2D eigenvalue weighted by Crippen LogP contribution is 2.13. The molecule has 2 rings (SSSR count). The van der Waals surface area contributed by atoms with Gasteiger partial charge in [0.05, 0.1) is 17.5 Å². The first-order valence-corrected chi connectivity index (χ1v) is 5.37. The van der Waals surface area contributed by atoms with Gasteiger partial charge in [-0.2, -0.15) is 5.10 Å². The van der Waals surface area contributed by atoms with E-state index in [0.717, 1.165) is 11.4 Å². The topological polar surface area (TPSA) is 60.7 Å². The molecule has 0 aliphatic carbocycles. The van der Waals surface area contributed by atoms with Crippen molar-refractivity contribution >= 4 is 5.78 Å². The van der Waals surface area contributed by atoms with Crippen LogP contribution in [0.5, 0.6) is 0 Å². The number of aromatic nitrogens is 4. The summed E-state index contributed by atoms with van der Waals surface area (Å²) in [6.07, 6.45) is 1.57. The summed E-state index contributed by atoms with van der Waals surface area (Å²) in [5.74, 6) is 1.40. The summed E-state index contributed by atoms with van der Waals surface area (Å²) in [6, 6.07) is 1.84. The SMILES string of the molecule is CC(=O)c1cnn(-c2cc(C)nc(C)n2)c1C. The summed E-state index contributed by atoms with van der Waals surface area (Å²) in [6.45, 7) is 7.13. The zero-order chi connectivity index (χ0) is 12.6. The van der Waals surface area contributed by atoms with E-state index < -0.39 is 0 Å². The zero-order valence-electron chi connectivity index (χ0n) is 10.4. The second-order valence-electron chi connectivity index (χ2n) is 4.03. The molecule has 0 atom stereocenters. The van der Waals surface area contributed by atoms with Crippen LogP contribution in [0.25, 0.3) is 5.82 Å². The molecule has 2 aromatic heterocycles. The quantitative estimate of drug-likeness (QED) is 0.738. The number of aryl methyl sites for hydroxylation is 2. The molecule has 0 aromatic carbocycles. The predicted octanol–water partition coefficient (Wildman–Crippen LogP) is 1.79. The second-order valence-corrected chi connectivity index (χ2v) is 4.03. The number of rotatable bonds is 2. The van der Waals surface area contributed by atoms with Gasteiger partial charge in [0.1, 0.15) is 5.82 Å². The van der Waals surface area contributed by atoms with E-state index in [1.807, 2.05) is 26.8 Å². The third kappa shape index (κ3) is 2.08. The monoisotopic (exact) mass is 230 g/mol. The Labute approximate surface area is 99.5 Å². The smallest absolute Gasteiger partial charge is 0.163 e. The van der Waals surface area contributed by atoms with Gasteiger partial charge in [-0.3, -0.25) is 4.79 Å². The van der Waals surface area contributed by atoms with E-state index in [1.54, 1.807) is 10.9 Å². The number of Topliss-reactive ketones (excluding diaryl/α,β-unsaturated/α-hetero) is 1. The molecule has 17 heavy (non-hydrogen) atoms. The van der Waals surface area contributed by atoms with Gasteiger partial charge in [-0.05, 0) is 27.7 Å². The molecule has 0 saturated heterocycles. The van der Waals surface area contributed by atoms with E-state index in [1.165, 1.54) is 6.92 Å². The van der Waals surface area contributed by atoms with Crippen LogP contribution < -0.4 is 0 Å². The third-order valence-corrected chi connectivity index (χ3v) is 2.56. The Morgan fingerprint density at radius 3 is 2.47 bits per heavy atom. The first-order chi connectivity index (χ1) is 7.99. The van der Waals surface area contributed by atoms with E-state index in [4.69, 9.17) is 0 Å². The number of nitrogens with zero attached hydrogens (tertiary/aromatic N) is 4. The average molecular weight is 230 g/mol. The zero-order valence-corrected chi connectivity index (χ0v) is 10.4. The molecule has 2 aromatic rings. The molecule has 0 spiro atoms. The number of ketones is 1. The molecule has 0 fully saturated rings. The number of hydrogen-bond acceptors (Lipinski definition) is 4. The Morgan fingerprint density at radius 1 is 1.24 bits per heavy atom. The van der Waals surface area contributed by atoms with Gasteiger partial charge in [-0.1, -0.05) is 0 Å². The molecule has 0 aliphatic rings. The summed E-state index contributed by atoms with van der Waals surface area (Å²) in [7, 11) is 0. The highest BCUT2D eigenvalue weighted by Gasteiger charge is 2.12. The molecular weight excluding hydrogens is 216 g/mol. The molecule has 5 nitrogen and oxygen atoms in total. The van der Waals surface area contributed by atoms with Crippen molar-refractivity contribution < 1.29 is 4.79 Å². The van der Waals surface area contributed by atoms with Crippen LogP contribution in [0.3, 0.4) is 0 Å². The van der Waals surface area contributed by atoms with E-state index in [-0.39, 0.29) is 5.78 Å². The van der Waals surface area contributed by atoms with Crippen LogP contribution in [0.15, 0.2) is 12.3 Å². The van der Waals surface area contributed by atoms with Crippen molar-refractivity contribution in [3.63, 3.8) is 0 Å². The predicted molar refractivity (Wildman–Crippen MR) is 63.4 cm³/mol. The number of carbonyl (C=O) groups is 1. The summed E-state index contributed by atoms with van der Waals surface area (Å²) in [5, 5.41) is 4.20. The Morgan fingerprint density at radius 2 is 1.94 bits per heavy atom. The molecule has 0 aliphatic heterocycles. The van der Waals surface area contributed by atoms with Crippen molar-refractivity contribution in [1.29, 1.82) is 0 Å². The maximum absolute atomic E-state index is 11.4. The minimum Gasteiger partial charge on any atom is -0.294 e. The average Bonchev–Trinajstić information content (AvgIpc) is 2.58. The number of hydrogen-bond donors (Lipinski definition) is 0. The van der Waals surface area contributed by atoms with E-state index in [0.29, 0.717) is 17.2 Å². The standard InChI is InChI=1S/C12H14N4O/c1-7-5-12(15-10(4)14-7)16-8(2)11(6-13-16)9(3)17/h5-6H,1-4H3. The molecule has 0 N–H and O–H groups in total. The maximum atomic E-state index is 11.4. The van der Waals surface area contributed by atoms with Gasteiger partial charge in [-0.15, -0.1) is 0 Å². The van der Waals surface area contributed by atoms with Gasteiger partial charge in [-0.25, -0.2) is 14.6 Å². The van der Waals surface area contributed by atoms with Gasteiger partial charge in [0, 0.05) is 11.8 Å². The Bertz CT molecular complexity index is 566. The van der Waals surface area contributed by atoms with Crippen molar-refractivity contribution in [2.75, 3.05) is 0 Å². The lowest BCUT2D eigenvalue weighted by atomic mass is 10.2. The molecule has 0 radical (unpaired) electrons. The lowest BCUT2D eigenvalue weighted by molar-refractivity contribution is 0.101. The molecular formula is C12H14N4O. The van der Waals surface area contributed by atoms with Crippen molar-refractivity contribution in [3.05, 3.63) is 35.0 Å². The number of carbonyl (C=O) groups excluding carboxylic acids is 1. The minimum absolute atomic E-state index is 0.0104. The largest absolute Gasteiger partial charge is 0.294 e. The van der Waals surface area contributed by atoms with Crippen LogP contribution in [0.1, 0.15) is 34.5 Å². The van der Waals surface area contributed by atoms with Crippen LogP contribution >= 0.6 is 0 Å². The van der Waals surface area contributed by atoms with Crippen LogP contribution in [0.2, 0.25) is 0 Å². The molecule has 5 heteroatoms. The van der Waals surface area contributed by atoms with Gasteiger partial charge in [0.2, 0.25) is 0 Å². The molecule has 0 amide bonds. The lowest BCUT2D eigenvalue weighted by Gasteiger charge is -2.05. The van der Waals surface area contributed by atoms with Gasteiger partial charge >= 0.3 is 0 Å². The van der Waals surface area contributed by atoms with E-state index in [9.17, 15) is 4.79 Å². The molecule has 0 bridgehead atoms. The highest BCUT2D eigenvalue weighted by atomic mass is 16.1. The fourth-order valence-corrected chi connectivity index (χ4v) is 1.79. The summed E-state index contributed by atoms with van der Waals surface area (Å²) < 4.78 is 1.67. The fraction of sp³-hybridized carbons (Fsp3) is 0.333. The molecule has 0 saturated carbocycles. The van der Waals surface area contributed by atoms with Crippen molar-refractivity contribution in [2.24, 2.45) is 0 Å². The maximum Gasteiger partial charge on any atom is 0.163 e. The summed E-state index contributed by atoms with van der Waals surface area (Å²) in [5.41, 5.74) is 2.31. The summed E-state index contributed by atoms with van der Waals surface area (Å²) >= 11 is 0. The summed E-state index contributed by atoms with van der Waals surface area (Å²) in [4.78, 5) is 19.9. The van der Waals surface area contributed by atoms with Gasteiger partial charge < -0.3 is 0 Å². The van der Waals surface area contributed by atoms with Crippen molar-refractivity contribution in [2.45, 2.75) is 27.7 Å². The third-order valence-electron chi connectivity index (χ3n) is 2.56. The molecule has 2 heterocycles. The van der Waals surface area contributed by atoms with Crippen LogP contribution in [-0.4, -0.2) is 25.5 Å². The van der Waals surface area contributed by atoms with Crippen molar-refractivity contribution in [1.82, 2.24) is 19.7 Å². The highest BCUT2D eigenvalue weighted by molar-refractivity contribution is 5.94. The normalized spacial score (nSPS) is 10.6. The Hall–Kier alpha value is -2.04. The first kappa shape index (κ1) is 11.4. The Kier molecular flexibility index (Phi) is 2.75. The minimum atomic E-state index is 0.0104. The van der Waals surface area contributed by atoms with Gasteiger partial charge in [0.25, 0.3) is 0 Å². The molecule has 88 valence electrons. The van der Waals surface area contributed by atoms with Crippen LogP contribution in [-0.2, 0) is 0 Å². The lowest BCUT2D eigenvalue weighted by Crippen LogP contribution is -2.06. The van der Waals surface area contributed by atoms with Gasteiger partial charge in [0.15, 0.2) is 11.6 Å². The van der Waals surface area contributed by atoms with Crippen LogP contribution in [0, 0.1) is 20.8 Å².